The topological polar surface area (TPSA) is 49.3 Å². The molecule has 1 amide bonds. The lowest BCUT2D eigenvalue weighted by atomic mass is 10.1. The molecule has 0 fully saturated rings. The van der Waals surface area contributed by atoms with Gasteiger partial charge in [0.2, 0.25) is 0 Å². The highest BCUT2D eigenvalue weighted by Crippen LogP contribution is 2.18. The Morgan fingerprint density at radius 1 is 1.15 bits per heavy atom. The molecule has 2 aromatic carbocycles. The third kappa shape index (κ3) is 3.61. The average Bonchev–Trinajstić information content (AvgIpc) is 2.47. The van der Waals surface area contributed by atoms with Crippen LogP contribution in [0.4, 0.5) is 0 Å². The normalized spacial score (nSPS) is 10.3. The van der Waals surface area contributed by atoms with Gasteiger partial charge in [-0.2, -0.15) is 0 Å². The molecule has 0 unspecified atom stereocenters. The summed E-state index contributed by atoms with van der Waals surface area (Å²) in [5.74, 6) is -0.265. The lowest BCUT2D eigenvalue weighted by molar-refractivity contribution is 0.0948. The number of aromatic hydroxyl groups is 1. The van der Waals surface area contributed by atoms with E-state index in [-0.39, 0.29) is 11.7 Å². The molecule has 0 bridgehead atoms. The number of rotatable bonds is 4. The van der Waals surface area contributed by atoms with E-state index in [0.29, 0.717) is 12.1 Å². The van der Waals surface area contributed by atoms with Crippen LogP contribution in [-0.4, -0.2) is 11.0 Å². The van der Waals surface area contributed by atoms with Crippen molar-refractivity contribution in [2.24, 2.45) is 0 Å². The standard InChI is InChI=1S/C16H16BrNO2/c1-11-2-7-15(19)14(8-11)16(20)18-10-13-5-3-12(9-17)4-6-13/h2-8,19H,9-10H2,1H3,(H,18,20). The molecule has 0 spiro atoms. The van der Waals surface area contributed by atoms with E-state index in [2.05, 4.69) is 21.2 Å². The first kappa shape index (κ1) is 14.6. The second kappa shape index (κ2) is 6.57. The van der Waals surface area contributed by atoms with Gasteiger partial charge < -0.3 is 10.4 Å². The summed E-state index contributed by atoms with van der Waals surface area (Å²) < 4.78 is 0. The van der Waals surface area contributed by atoms with Gasteiger partial charge >= 0.3 is 0 Å². The Morgan fingerprint density at radius 2 is 1.80 bits per heavy atom. The number of carbonyl (C=O) groups is 1. The molecule has 2 rings (SSSR count). The van der Waals surface area contributed by atoms with E-state index >= 15 is 0 Å². The van der Waals surface area contributed by atoms with E-state index in [9.17, 15) is 9.90 Å². The summed E-state index contributed by atoms with van der Waals surface area (Å²) in [5.41, 5.74) is 3.46. The monoisotopic (exact) mass is 333 g/mol. The first-order chi connectivity index (χ1) is 9.60. The summed E-state index contributed by atoms with van der Waals surface area (Å²) in [6.45, 7) is 2.32. The fourth-order valence-corrected chi connectivity index (χ4v) is 2.23. The Kier molecular flexibility index (Phi) is 4.79. The SMILES string of the molecule is Cc1ccc(O)c(C(=O)NCc2ccc(CBr)cc2)c1. The lowest BCUT2D eigenvalue weighted by Gasteiger charge is -2.08. The number of hydrogen-bond donors (Lipinski definition) is 2. The summed E-state index contributed by atoms with van der Waals surface area (Å²) in [5, 5.41) is 13.3. The maximum Gasteiger partial charge on any atom is 0.255 e. The summed E-state index contributed by atoms with van der Waals surface area (Å²) >= 11 is 3.39. The second-order valence-electron chi connectivity index (χ2n) is 4.65. The molecular weight excluding hydrogens is 318 g/mol. The summed E-state index contributed by atoms with van der Waals surface area (Å²) in [6, 6.07) is 13.0. The first-order valence-electron chi connectivity index (χ1n) is 6.32. The van der Waals surface area contributed by atoms with E-state index in [1.165, 1.54) is 11.6 Å². The van der Waals surface area contributed by atoms with Crippen LogP contribution in [0.15, 0.2) is 42.5 Å². The molecule has 3 nitrogen and oxygen atoms in total. The number of carbonyl (C=O) groups excluding carboxylic acids is 1. The molecule has 0 aliphatic rings. The van der Waals surface area contributed by atoms with Crippen molar-refractivity contribution in [3.05, 3.63) is 64.7 Å². The van der Waals surface area contributed by atoms with Crippen molar-refractivity contribution in [1.29, 1.82) is 0 Å². The minimum absolute atomic E-state index is 0.00253. The smallest absolute Gasteiger partial charge is 0.255 e. The van der Waals surface area contributed by atoms with Crippen LogP contribution < -0.4 is 5.32 Å². The van der Waals surface area contributed by atoms with Gasteiger partial charge in [0.1, 0.15) is 5.75 Å². The number of nitrogens with one attached hydrogen (secondary N) is 1. The molecule has 0 saturated heterocycles. The van der Waals surface area contributed by atoms with Crippen LogP contribution in [0.1, 0.15) is 27.0 Å². The third-order valence-corrected chi connectivity index (χ3v) is 3.67. The van der Waals surface area contributed by atoms with Crippen LogP contribution in [0, 0.1) is 6.92 Å². The minimum atomic E-state index is -0.268. The number of halogens is 1. The van der Waals surface area contributed by atoms with Crippen LogP contribution in [0.25, 0.3) is 0 Å². The molecule has 20 heavy (non-hydrogen) atoms. The Hall–Kier alpha value is -1.81. The minimum Gasteiger partial charge on any atom is -0.507 e. The molecule has 104 valence electrons. The van der Waals surface area contributed by atoms with Gasteiger partial charge in [-0.25, -0.2) is 0 Å². The van der Waals surface area contributed by atoms with Crippen LogP contribution in [-0.2, 0) is 11.9 Å². The van der Waals surface area contributed by atoms with Gasteiger partial charge in [0.05, 0.1) is 5.56 Å². The first-order valence-corrected chi connectivity index (χ1v) is 7.44. The molecule has 0 saturated carbocycles. The van der Waals surface area contributed by atoms with Crippen LogP contribution in [0.2, 0.25) is 0 Å². The van der Waals surface area contributed by atoms with E-state index in [0.717, 1.165) is 16.5 Å². The quantitative estimate of drug-likeness (QED) is 0.841. The van der Waals surface area contributed by atoms with Crippen LogP contribution in [0.3, 0.4) is 0 Å². The highest BCUT2D eigenvalue weighted by atomic mass is 79.9. The number of alkyl halides is 1. The second-order valence-corrected chi connectivity index (χ2v) is 5.21. The highest BCUT2D eigenvalue weighted by Gasteiger charge is 2.10. The van der Waals surface area contributed by atoms with Crippen molar-refractivity contribution in [3.8, 4) is 5.75 Å². The van der Waals surface area contributed by atoms with E-state index in [1.807, 2.05) is 31.2 Å². The number of amides is 1. The predicted octanol–water partition coefficient (Wildman–Crippen LogP) is 3.53. The number of aryl methyl sites for hydroxylation is 1. The summed E-state index contributed by atoms with van der Waals surface area (Å²) in [7, 11) is 0. The Labute approximate surface area is 126 Å². The lowest BCUT2D eigenvalue weighted by Crippen LogP contribution is -2.22. The maximum atomic E-state index is 12.0. The van der Waals surface area contributed by atoms with E-state index < -0.39 is 0 Å². The molecule has 0 aliphatic heterocycles. The van der Waals surface area contributed by atoms with Gasteiger partial charge in [0.15, 0.2) is 0 Å². The zero-order valence-corrected chi connectivity index (χ0v) is 12.8. The molecule has 0 atom stereocenters. The average molecular weight is 334 g/mol. The van der Waals surface area contributed by atoms with Crippen molar-refractivity contribution in [3.63, 3.8) is 0 Å². The number of hydrogen-bond acceptors (Lipinski definition) is 2. The molecule has 2 N–H and O–H groups in total. The van der Waals surface area contributed by atoms with Gasteiger partial charge in [0, 0.05) is 11.9 Å². The van der Waals surface area contributed by atoms with Gasteiger partial charge in [-0.15, -0.1) is 0 Å². The van der Waals surface area contributed by atoms with Gasteiger partial charge in [-0.1, -0.05) is 51.8 Å². The van der Waals surface area contributed by atoms with E-state index in [1.54, 1.807) is 12.1 Å². The Balaban J connectivity index is 2.02. The molecule has 0 aliphatic carbocycles. The largest absolute Gasteiger partial charge is 0.507 e. The molecule has 2 aromatic rings. The number of benzene rings is 2. The van der Waals surface area contributed by atoms with Gasteiger partial charge in [0.25, 0.3) is 5.91 Å². The molecule has 0 radical (unpaired) electrons. The van der Waals surface area contributed by atoms with Crippen LogP contribution in [0.5, 0.6) is 5.75 Å². The zero-order valence-electron chi connectivity index (χ0n) is 11.2. The molecule has 0 heterocycles. The Morgan fingerprint density at radius 3 is 2.45 bits per heavy atom. The molecule has 4 heteroatoms. The van der Waals surface area contributed by atoms with Crippen molar-refractivity contribution in [1.82, 2.24) is 5.32 Å². The van der Waals surface area contributed by atoms with Crippen molar-refractivity contribution in [2.45, 2.75) is 18.8 Å². The van der Waals surface area contributed by atoms with Crippen molar-refractivity contribution >= 4 is 21.8 Å². The maximum absolute atomic E-state index is 12.0. The highest BCUT2D eigenvalue weighted by molar-refractivity contribution is 9.08. The van der Waals surface area contributed by atoms with E-state index in [4.69, 9.17) is 0 Å². The number of phenols is 1. The summed E-state index contributed by atoms with van der Waals surface area (Å²) in [4.78, 5) is 12.0. The molecule has 0 aromatic heterocycles. The van der Waals surface area contributed by atoms with Gasteiger partial charge in [-0.05, 0) is 30.2 Å². The van der Waals surface area contributed by atoms with Crippen LogP contribution >= 0.6 is 15.9 Å². The predicted molar refractivity (Wildman–Crippen MR) is 83.1 cm³/mol. The van der Waals surface area contributed by atoms with Gasteiger partial charge in [-0.3, -0.25) is 4.79 Å². The Bertz CT molecular complexity index is 608. The van der Waals surface area contributed by atoms with Crippen molar-refractivity contribution in [2.75, 3.05) is 0 Å². The number of phenolic OH excluding ortho intramolecular Hbond substituents is 1. The third-order valence-electron chi connectivity index (χ3n) is 3.03. The molecular formula is C16H16BrNO2. The van der Waals surface area contributed by atoms with Crippen molar-refractivity contribution < 1.29 is 9.90 Å². The fraction of sp³-hybridized carbons (Fsp3) is 0.188. The summed E-state index contributed by atoms with van der Waals surface area (Å²) in [6.07, 6.45) is 0. The fourth-order valence-electron chi connectivity index (χ4n) is 1.86. The zero-order chi connectivity index (χ0) is 14.5.